The van der Waals surface area contributed by atoms with E-state index < -0.39 is 23.7 Å². The molecule has 1 aromatic heterocycles. The fourth-order valence-electron chi connectivity index (χ4n) is 9.81. The molecular formula is C46H41BO3. The van der Waals surface area contributed by atoms with Crippen LogP contribution in [-0.2, 0) is 20.1 Å². The second-order valence-corrected chi connectivity index (χ2v) is 16.2. The molecule has 0 radical (unpaired) electrons. The second kappa shape index (κ2) is 9.99. The molecule has 3 nitrogen and oxygen atoms in total. The zero-order valence-electron chi connectivity index (χ0n) is 29.6. The number of allylic oxidation sites excluding steroid dienone is 1. The van der Waals surface area contributed by atoms with E-state index in [2.05, 4.69) is 163 Å². The van der Waals surface area contributed by atoms with Crippen LogP contribution in [0.15, 0.2) is 120 Å². The Labute approximate surface area is 295 Å². The van der Waals surface area contributed by atoms with E-state index in [1.807, 2.05) is 0 Å². The molecule has 0 bridgehead atoms. The quantitative estimate of drug-likeness (QED) is 0.178. The number of rotatable bonds is 3. The normalized spacial score (nSPS) is 21.1. The highest BCUT2D eigenvalue weighted by Gasteiger charge is 2.57. The number of hydrogen-bond acceptors (Lipinski definition) is 3. The van der Waals surface area contributed by atoms with Gasteiger partial charge in [0.1, 0.15) is 11.3 Å². The van der Waals surface area contributed by atoms with Gasteiger partial charge in [-0.15, -0.1) is 0 Å². The van der Waals surface area contributed by atoms with Gasteiger partial charge in [0.2, 0.25) is 0 Å². The first-order valence-electron chi connectivity index (χ1n) is 18.1. The highest BCUT2D eigenvalue weighted by atomic mass is 16.7. The van der Waals surface area contributed by atoms with Gasteiger partial charge in [-0.05, 0) is 95.7 Å². The Kier molecular flexibility index (Phi) is 6.04. The summed E-state index contributed by atoms with van der Waals surface area (Å²) in [6.45, 7) is 13.4. The zero-order chi connectivity index (χ0) is 34.2. The Balaban J connectivity index is 1.36. The van der Waals surface area contributed by atoms with Crippen LogP contribution in [0.5, 0.6) is 0 Å². The van der Waals surface area contributed by atoms with Crippen molar-refractivity contribution in [1.29, 1.82) is 0 Å². The van der Waals surface area contributed by atoms with E-state index in [4.69, 9.17) is 13.7 Å². The van der Waals surface area contributed by atoms with Crippen LogP contribution in [-0.4, -0.2) is 18.3 Å². The Hall–Kier alpha value is -4.64. The monoisotopic (exact) mass is 652 g/mol. The van der Waals surface area contributed by atoms with Crippen LogP contribution < -0.4 is 5.46 Å². The summed E-state index contributed by atoms with van der Waals surface area (Å²) in [6, 6.07) is 40.5. The van der Waals surface area contributed by atoms with Crippen molar-refractivity contribution in [3.63, 3.8) is 0 Å². The number of benzene rings is 5. The third-order valence-corrected chi connectivity index (χ3v) is 12.8. The number of hydrogen-bond donors (Lipinski definition) is 0. The van der Waals surface area contributed by atoms with E-state index in [-0.39, 0.29) is 11.3 Å². The standard InChI is InChI=1S/C46H41BO3/c1-43(2)35-21-11-7-18-31(35)34-26-28(47-49-44(3,4)45(5,6)50-47)27-39(41(34)43)46(36-22-12-8-16-29(36)30-17-9-13-23-37(30)46)38-24-15-20-33-32-19-10-14-25-40(32)48-42(33)38/h7-23,25-27,38H,24H2,1-6H3. The van der Waals surface area contributed by atoms with Gasteiger partial charge in [-0.25, -0.2) is 0 Å². The molecule has 2 heterocycles. The van der Waals surface area contributed by atoms with Crippen molar-refractivity contribution in [2.75, 3.05) is 0 Å². The minimum atomic E-state index is -0.566. The van der Waals surface area contributed by atoms with Crippen molar-refractivity contribution in [2.45, 2.75) is 75.9 Å². The lowest BCUT2D eigenvalue weighted by atomic mass is 9.57. The van der Waals surface area contributed by atoms with E-state index in [0.29, 0.717) is 0 Å². The predicted octanol–water partition coefficient (Wildman–Crippen LogP) is 10.6. The van der Waals surface area contributed by atoms with Crippen molar-refractivity contribution in [2.24, 2.45) is 0 Å². The van der Waals surface area contributed by atoms with Gasteiger partial charge in [-0.2, -0.15) is 0 Å². The molecule has 3 aliphatic carbocycles. The fraction of sp³-hybridized carbons (Fsp3) is 0.261. The van der Waals surface area contributed by atoms with Gasteiger partial charge in [-0.3, -0.25) is 0 Å². The van der Waals surface area contributed by atoms with Gasteiger partial charge < -0.3 is 13.7 Å². The molecule has 0 N–H and O–H groups in total. The summed E-state index contributed by atoms with van der Waals surface area (Å²) in [5, 5.41) is 1.17. The van der Waals surface area contributed by atoms with Crippen molar-refractivity contribution in [1.82, 2.24) is 0 Å². The summed E-state index contributed by atoms with van der Waals surface area (Å²) < 4.78 is 20.7. The second-order valence-electron chi connectivity index (χ2n) is 16.2. The third kappa shape index (κ3) is 3.73. The Morgan fingerprint density at radius 3 is 1.82 bits per heavy atom. The Morgan fingerprint density at radius 2 is 1.16 bits per heavy atom. The minimum absolute atomic E-state index is 0.00291. The zero-order valence-corrected chi connectivity index (χ0v) is 29.6. The first-order chi connectivity index (χ1) is 24.0. The van der Waals surface area contributed by atoms with Gasteiger partial charge in [0.15, 0.2) is 0 Å². The van der Waals surface area contributed by atoms with Crippen LogP contribution >= 0.6 is 0 Å². The molecule has 1 fully saturated rings. The number of fused-ring (bicyclic) bond motifs is 9. The average Bonchev–Trinajstić information content (AvgIpc) is 3.78. The molecule has 1 aliphatic heterocycles. The maximum atomic E-state index is 7.01. The van der Waals surface area contributed by atoms with Gasteiger partial charge in [0.05, 0.1) is 16.6 Å². The summed E-state index contributed by atoms with van der Waals surface area (Å²) in [4.78, 5) is 0. The molecule has 10 rings (SSSR count). The lowest BCUT2D eigenvalue weighted by molar-refractivity contribution is 0.00578. The van der Waals surface area contributed by atoms with Gasteiger partial charge >= 0.3 is 7.12 Å². The molecular weight excluding hydrogens is 611 g/mol. The van der Waals surface area contributed by atoms with Gasteiger partial charge in [0, 0.05) is 22.3 Å². The van der Waals surface area contributed by atoms with Crippen LogP contribution in [0.25, 0.3) is 39.3 Å². The largest absolute Gasteiger partial charge is 0.494 e. The average molecular weight is 653 g/mol. The Bertz CT molecular complexity index is 2360. The van der Waals surface area contributed by atoms with Crippen molar-refractivity contribution >= 4 is 29.6 Å². The minimum Gasteiger partial charge on any atom is -0.460 e. The summed E-state index contributed by atoms with van der Waals surface area (Å²) in [5.74, 6) is 1.06. The maximum Gasteiger partial charge on any atom is 0.494 e. The van der Waals surface area contributed by atoms with Gasteiger partial charge in [-0.1, -0.05) is 129 Å². The summed E-state index contributed by atoms with van der Waals surface area (Å²) in [6.07, 6.45) is 5.50. The molecule has 1 atom stereocenters. The SMILES string of the molecule is CC1(C)c2ccccc2-c2cc(B3OC(C)(C)C(C)(C)O3)cc(C3(C4CC=Cc5c4oc4ccccc54)c4ccccc4-c4ccccc43)c21. The van der Waals surface area contributed by atoms with E-state index in [1.165, 1.54) is 61.0 Å². The highest BCUT2D eigenvalue weighted by molar-refractivity contribution is 6.62. The van der Waals surface area contributed by atoms with Crippen LogP contribution in [0, 0.1) is 0 Å². The fourth-order valence-corrected chi connectivity index (χ4v) is 9.81. The lowest BCUT2D eigenvalue weighted by Gasteiger charge is -2.43. The molecule has 6 aromatic rings. The molecule has 4 heteroatoms. The number of furan rings is 1. The van der Waals surface area contributed by atoms with E-state index >= 15 is 0 Å². The van der Waals surface area contributed by atoms with Crippen molar-refractivity contribution in [3.8, 4) is 22.3 Å². The first-order valence-corrected chi connectivity index (χ1v) is 18.1. The molecule has 0 saturated carbocycles. The molecule has 0 spiro atoms. The molecule has 1 unspecified atom stereocenters. The Morgan fingerprint density at radius 1 is 0.600 bits per heavy atom. The topological polar surface area (TPSA) is 31.6 Å². The maximum absolute atomic E-state index is 7.01. The molecule has 5 aromatic carbocycles. The highest BCUT2D eigenvalue weighted by Crippen LogP contribution is 2.64. The smallest absolute Gasteiger partial charge is 0.460 e. The summed E-state index contributed by atoms with van der Waals surface area (Å²) >= 11 is 0. The molecule has 1 saturated heterocycles. The van der Waals surface area contributed by atoms with E-state index in [9.17, 15) is 0 Å². The lowest BCUT2D eigenvalue weighted by Crippen LogP contribution is -2.41. The predicted molar refractivity (Wildman–Crippen MR) is 204 cm³/mol. The molecule has 50 heavy (non-hydrogen) atoms. The van der Waals surface area contributed by atoms with Crippen LogP contribution in [0.4, 0.5) is 0 Å². The summed E-state index contributed by atoms with van der Waals surface area (Å²) in [7, 11) is -0.503. The third-order valence-electron chi connectivity index (χ3n) is 12.8. The first kappa shape index (κ1) is 30.2. The van der Waals surface area contributed by atoms with Crippen LogP contribution in [0.2, 0.25) is 0 Å². The van der Waals surface area contributed by atoms with Crippen molar-refractivity contribution < 1.29 is 13.7 Å². The molecule has 246 valence electrons. The molecule has 0 amide bonds. The summed E-state index contributed by atoms with van der Waals surface area (Å²) in [5.41, 5.74) is 13.3. The van der Waals surface area contributed by atoms with Crippen LogP contribution in [0.3, 0.4) is 0 Å². The van der Waals surface area contributed by atoms with Crippen molar-refractivity contribution in [3.05, 3.63) is 154 Å². The van der Waals surface area contributed by atoms with Gasteiger partial charge in [0.25, 0.3) is 0 Å². The van der Waals surface area contributed by atoms with Crippen LogP contribution in [0.1, 0.15) is 93.0 Å². The van der Waals surface area contributed by atoms with E-state index in [1.54, 1.807) is 0 Å². The van der Waals surface area contributed by atoms with E-state index in [0.717, 1.165) is 23.2 Å². The number of para-hydroxylation sites is 1. The molecule has 4 aliphatic rings.